The highest BCUT2D eigenvalue weighted by molar-refractivity contribution is 6.35. The molecule has 1 heterocycles. The maximum absolute atomic E-state index is 14.1. The third-order valence-corrected chi connectivity index (χ3v) is 3.82. The molecule has 0 amide bonds. The van der Waals surface area contributed by atoms with Crippen LogP contribution in [0.2, 0.25) is 5.02 Å². The molecule has 3 aromatic rings. The standard InChI is InChI=1S/C16H7ClF3NO3/c17-13-10(19)3-2-8-14(13)21(6-9(15(8)22)16(23)24)12-4-1-7(18)5-11(12)20/h1-6H,(H,23,24). The van der Waals surface area contributed by atoms with E-state index in [1.54, 1.807) is 0 Å². The number of pyridine rings is 1. The molecule has 0 aliphatic rings. The van der Waals surface area contributed by atoms with Crippen molar-refractivity contribution in [1.29, 1.82) is 0 Å². The largest absolute Gasteiger partial charge is 0.477 e. The summed E-state index contributed by atoms with van der Waals surface area (Å²) in [5.74, 6) is -4.30. The molecular formula is C16H7ClF3NO3. The van der Waals surface area contributed by atoms with Crippen LogP contribution in [0.15, 0.2) is 41.3 Å². The number of carboxylic acids is 1. The second-order valence-corrected chi connectivity index (χ2v) is 5.28. The first-order valence-electron chi connectivity index (χ1n) is 6.53. The average Bonchev–Trinajstić information content (AvgIpc) is 2.51. The Morgan fingerprint density at radius 1 is 1.08 bits per heavy atom. The molecule has 8 heteroatoms. The van der Waals surface area contributed by atoms with Crippen LogP contribution in [-0.4, -0.2) is 15.6 Å². The molecule has 0 radical (unpaired) electrons. The Bertz CT molecular complexity index is 1060. The summed E-state index contributed by atoms with van der Waals surface area (Å²) >= 11 is 5.89. The van der Waals surface area contributed by atoms with Crippen molar-refractivity contribution in [2.24, 2.45) is 0 Å². The highest BCUT2D eigenvalue weighted by atomic mass is 35.5. The molecule has 4 nitrogen and oxygen atoms in total. The number of hydrogen-bond donors (Lipinski definition) is 1. The van der Waals surface area contributed by atoms with Gasteiger partial charge in [0.1, 0.15) is 28.0 Å². The van der Waals surface area contributed by atoms with E-state index in [9.17, 15) is 22.8 Å². The second-order valence-electron chi connectivity index (χ2n) is 4.90. The number of aromatic nitrogens is 1. The molecular weight excluding hydrogens is 347 g/mol. The average molecular weight is 354 g/mol. The van der Waals surface area contributed by atoms with Gasteiger partial charge in [0.25, 0.3) is 0 Å². The summed E-state index contributed by atoms with van der Waals surface area (Å²) in [6, 6.07) is 4.51. The van der Waals surface area contributed by atoms with Gasteiger partial charge in [0, 0.05) is 17.6 Å². The van der Waals surface area contributed by atoms with Gasteiger partial charge in [-0.15, -0.1) is 0 Å². The lowest BCUT2D eigenvalue weighted by molar-refractivity contribution is 0.0695. The maximum Gasteiger partial charge on any atom is 0.341 e. The van der Waals surface area contributed by atoms with Crippen LogP contribution < -0.4 is 5.43 Å². The fraction of sp³-hybridized carbons (Fsp3) is 0. The minimum Gasteiger partial charge on any atom is -0.477 e. The summed E-state index contributed by atoms with van der Waals surface area (Å²) in [5.41, 5.74) is -2.04. The van der Waals surface area contributed by atoms with Gasteiger partial charge in [-0.25, -0.2) is 18.0 Å². The second kappa shape index (κ2) is 5.68. The molecule has 1 N–H and O–H groups in total. The first-order chi connectivity index (χ1) is 11.3. The lowest BCUT2D eigenvalue weighted by Crippen LogP contribution is -2.19. The third-order valence-electron chi connectivity index (χ3n) is 3.46. The van der Waals surface area contributed by atoms with Crippen molar-refractivity contribution in [3.05, 3.63) is 74.8 Å². The van der Waals surface area contributed by atoms with E-state index in [4.69, 9.17) is 16.7 Å². The molecule has 0 bridgehead atoms. The molecule has 0 saturated carbocycles. The SMILES string of the molecule is O=C(O)c1cn(-c2ccc(F)cc2F)c2c(Cl)c(F)ccc2c1=O. The predicted octanol–water partition coefficient (Wildman–Crippen LogP) is 3.76. The molecule has 0 spiro atoms. The summed E-state index contributed by atoms with van der Waals surface area (Å²) < 4.78 is 41.9. The minimum absolute atomic E-state index is 0.204. The van der Waals surface area contributed by atoms with Gasteiger partial charge < -0.3 is 9.67 Å². The Balaban J connectivity index is 2.54. The molecule has 2 aromatic carbocycles. The van der Waals surface area contributed by atoms with Crippen LogP contribution >= 0.6 is 11.6 Å². The molecule has 3 rings (SSSR count). The van der Waals surface area contributed by atoms with E-state index in [0.29, 0.717) is 6.07 Å². The number of carboxylic acid groups (broad SMARTS) is 1. The summed E-state index contributed by atoms with van der Waals surface area (Å²) in [5, 5.41) is 8.47. The number of carbonyl (C=O) groups is 1. The number of aromatic carboxylic acids is 1. The normalized spacial score (nSPS) is 11.0. The summed E-state index contributed by atoms with van der Waals surface area (Å²) in [6.07, 6.45) is 0.828. The quantitative estimate of drug-likeness (QED) is 0.763. The Labute approximate surface area is 137 Å². The molecule has 122 valence electrons. The summed E-state index contributed by atoms with van der Waals surface area (Å²) in [6.45, 7) is 0. The first kappa shape index (κ1) is 16.1. The van der Waals surface area contributed by atoms with Crippen LogP contribution in [0.3, 0.4) is 0 Å². The van der Waals surface area contributed by atoms with Crippen molar-refractivity contribution in [2.45, 2.75) is 0 Å². The number of halogens is 4. The third kappa shape index (κ3) is 2.43. The van der Waals surface area contributed by atoms with Gasteiger partial charge in [-0.3, -0.25) is 4.79 Å². The number of nitrogens with zero attached hydrogens (tertiary/aromatic N) is 1. The molecule has 0 saturated heterocycles. The van der Waals surface area contributed by atoms with E-state index in [2.05, 4.69) is 0 Å². The van der Waals surface area contributed by atoms with Crippen molar-refractivity contribution >= 4 is 28.5 Å². The minimum atomic E-state index is -1.54. The molecule has 0 atom stereocenters. The Morgan fingerprint density at radius 2 is 1.79 bits per heavy atom. The van der Waals surface area contributed by atoms with Crippen LogP contribution in [0, 0.1) is 17.5 Å². The van der Waals surface area contributed by atoms with Gasteiger partial charge in [0.2, 0.25) is 5.43 Å². The lowest BCUT2D eigenvalue weighted by atomic mass is 10.1. The van der Waals surface area contributed by atoms with E-state index < -0.39 is 39.4 Å². The van der Waals surface area contributed by atoms with E-state index in [1.165, 1.54) is 0 Å². The van der Waals surface area contributed by atoms with Gasteiger partial charge in [-0.05, 0) is 24.3 Å². The van der Waals surface area contributed by atoms with Crippen molar-refractivity contribution in [3.63, 3.8) is 0 Å². The van der Waals surface area contributed by atoms with E-state index in [-0.39, 0.29) is 16.6 Å². The summed E-state index contributed by atoms with van der Waals surface area (Å²) in [4.78, 5) is 23.5. The number of rotatable bonds is 2. The fourth-order valence-corrected chi connectivity index (χ4v) is 2.63. The monoisotopic (exact) mass is 353 g/mol. The number of benzene rings is 2. The van der Waals surface area contributed by atoms with E-state index in [1.807, 2.05) is 0 Å². The number of fused-ring (bicyclic) bond motifs is 1. The zero-order chi connectivity index (χ0) is 17.6. The van der Waals surface area contributed by atoms with Gasteiger partial charge in [-0.2, -0.15) is 0 Å². The highest BCUT2D eigenvalue weighted by Crippen LogP contribution is 2.28. The Hall–Kier alpha value is -2.80. The van der Waals surface area contributed by atoms with Crippen LogP contribution in [0.5, 0.6) is 0 Å². The Morgan fingerprint density at radius 3 is 2.42 bits per heavy atom. The van der Waals surface area contributed by atoms with Gasteiger partial charge in [-0.1, -0.05) is 11.6 Å². The van der Waals surface area contributed by atoms with Crippen molar-refractivity contribution in [2.75, 3.05) is 0 Å². The molecule has 1 aromatic heterocycles. The lowest BCUT2D eigenvalue weighted by Gasteiger charge is -2.14. The fourth-order valence-electron chi connectivity index (χ4n) is 2.38. The van der Waals surface area contributed by atoms with Crippen molar-refractivity contribution in [1.82, 2.24) is 4.57 Å². The molecule has 0 unspecified atom stereocenters. The summed E-state index contributed by atoms with van der Waals surface area (Å²) in [7, 11) is 0. The molecule has 0 fully saturated rings. The predicted molar refractivity (Wildman–Crippen MR) is 81.4 cm³/mol. The molecule has 0 aliphatic heterocycles. The van der Waals surface area contributed by atoms with Crippen LogP contribution in [0.25, 0.3) is 16.6 Å². The molecule has 0 aliphatic carbocycles. The Kier molecular flexibility index (Phi) is 3.81. The van der Waals surface area contributed by atoms with Gasteiger partial charge in [0.15, 0.2) is 0 Å². The van der Waals surface area contributed by atoms with Crippen molar-refractivity contribution in [3.8, 4) is 5.69 Å². The van der Waals surface area contributed by atoms with E-state index >= 15 is 0 Å². The highest BCUT2D eigenvalue weighted by Gasteiger charge is 2.20. The van der Waals surface area contributed by atoms with Crippen LogP contribution in [-0.2, 0) is 0 Å². The van der Waals surface area contributed by atoms with Crippen molar-refractivity contribution < 1.29 is 23.1 Å². The van der Waals surface area contributed by atoms with Gasteiger partial charge in [0.05, 0.1) is 11.2 Å². The van der Waals surface area contributed by atoms with Crippen LogP contribution in [0.1, 0.15) is 10.4 Å². The molecule has 24 heavy (non-hydrogen) atoms. The zero-order valence-electron chi connectivity index (χ0n) is 11.7. The maximum atomic E-state index is 14.1. The smallest absolute Gasteiger partial charge is 0.341 e. The van der Waals surface area contributed by atoms with Gasteiger partial charge >= 0.3 is 5.97 Å². The zero-order valence-corrected chi connectivity index (χ0v) is 12.4. The van der Waals surface area contributed by atoms with Crippen LogP contribution in [0.4, 0.5) is 13.2 Å². The topological polar surface area (TPSA) is 59.3 Å². The van der Waals surface area contributed by atoms with E-state index in [0.717, 1.165) is 35.0 Å². The number of hydrogen-bond acceptors (Lipinski definition) is 2. The first-order valence-corrected chi connectivity index (χ1v) is 6.91.